The van der Waals surface area contributed by atoms with Crippen molar-refractivity contribution < 1.29 is 14.6 Å². The summed E-state index contributed by atoms with van der Waals surface area (Å²) >= 11 is 3.53. The fourth-order valence-corrected chi connectivity index (χ4v) is 1.17. The molecule has 4 nitrogen and oxygen atoms in total. The lowest BCUT2D eigenvalue weighted by atomic mass is 10.1. The Morgan fingerprint density at radius 1 is 1.53 bits per heavy atom. The molecule has 2 N–H and O–H groups in total. The predicted octanol–water partition coefficient (Wildman–Crippen LogP) is 1.96. The maximum atomic E-state index is 10.8. The van der Waals surface area contributed by atoms with Gasteiger partial charge in [-0.1, -0.05) is 25.7 Å². The molecular weight excluding hydrogens is 262 g/mol. The number of carbonyl (C=O) groups excluding carboxylic acids is 1. The maximum absolute atomic E-state index is 10.8. The van der Waals surface area contributed by atoms with Gasteiger partial charge in [-0.3, -0.25) is 4.79 Å². The lowest BCUT2D eigenvalue weighted by molar-refractivity contribution is -0.117. The van der Waals surface area contributed by atoms with Crippen LogP contribution in [-0.4, -0.2) is 43.1 Å². The summed E-state index contributed by atoms with van der Waals surface area (Å²) < 4.78 is 5.29. The third-order valence-corrected chi connectivity index (χ3v) is 2.33. The topological polar surface area (TPSA) is 58.6 Å². The van der Waals surface area contributed by atoms with E-state index in [1.165, 1.54) is 11.6 Å². The van der Waals surface area contributed by atoms with Gasteiger partial charge in [0, 0.05) is 13.2 Å². The summed E-state index contributed by atoms with van der Waals surface area (Å²) in [5.74, 6) is -0.289. The molecule has 1 unspecified atom stereocenters. The van der Waals surface area contributed by atoms with Crippen LogP contribution < -0.4 is 5.32 Å². The number of carbonyl (C=O) groups is 1. The Balaban J connectivity index is 0. The molecule has 112 valence electrons. The van der Waals surface area contributed by atoms with Gasteiger partial charge in [-0.05, 0) is 31.6 Å². The second kappa shape index (κ2) is 15.3. The van der Waals surface area contributed by atoms with Gasteiger partial charge in [0.2, 0.25) is 5.91 Å². The summed E-state index contributed by atoms with van der Waals surface area (Å²) in [4.78, 5) is 10.8. The van der Waals surface area contributed by atoms with E-state index in [-0.39, 0.29) is 19.1 Å². The molecule has 0 fully saturated rings. The molecule has 0 saturated carbocycles. The second-order valence-corrected chi connectivity index (χ2v) is 3.89. The third kappa shape index (κ3) is 15.2. The van der Waals surface area contributed by atoms with Crippen LogP contribution >= 0.6 is 12.6 Å². The largest absolute Gasteiger partial charge is 0.389 e. The molecule has 0 saturated heterocycles. The van der Waals surface area contributed by atoms with Crippen LogP contribution in [0.1, 0.15) is 26.2 Å². The first-order valence-electron chi connectivity index (χ1n) is 6.37. The van der Waals surface area contributed by atoms with Crippen molar-refractivity contribution >= 4 is 18.5 Å². The lowest BCUT2D eigenvalue weighted by Crippen LogP contribution is -2.33. The van der Waals surface area contributed by atoms with E-state index in [1.807, 2.05) is 0 Å². The van der Waals surface area contributed by atoms with Gasteiger partial charge in [-0.2, -0.15) is 12.6 Å². The average molecular weight is 289 g/mol. The molecule has 0 aliphatic carbocycles. The average Bonchev–Trinajstić information content (AvgIpc) is 2.46. The van der Waals surface area contributed by atoms with E-state index in [9.17, 15) is 9.90 Å². The number of nitrogens with one attached hydrogen (secondary N) is 1. The Morgan fingerprint density at radius 2 is 2.16 bits per heavy atom. The van der Waals surface area contributed by atoms with Crippen molar-refractivity contribution in [2.45, 2.75) is 32.3 Å². The van der Waals surface area contributed by atoms with Gasteiger partial charge in [0.25, 0.3) is 0 Å². The van der Waals surface area contributed by atoms with E-state index in [1.54, 1.807) is 6.26 Å². The number of thiol groups is 1. The fraction of sp³-hybridized carbons (Fsp3) is 0.643. The van der Waals surface area contributed by atoms with Gasteiger partial charge in [-0.15, -0.1) is 0 Å². The van der Waals surface area contributed by atoms with E-state index < -0.39 is 6.10 Å². The van der Waals surface area contributed by atoms with Gasteiger partial charge in [-0.25, -0.2) is 0 Å². The quantitative estimate of drug-likeness (QED) is 0.249. The molecular formula is C14H27NO3S. The summed E-state index contributed by atoms with van der Waals surface area (Å²) in [5, 5.41) is 12.0. The molecule has 1 atom stereocenters. The Hall–Kier alpha value is -0.780. The molecule has 0 aromatic heterocycles. The normalized spacial score (nSPS) is 10.9. The number of ether oxygens (including phenoxy) is 1. The predicted molar refractivity (Wildman–Crippen MR) is 83.6 cm³/mol. The van der Waals surface area contributed by atoms with E-state index in [2.05, 4.69) is 38.0 Å². The Morgan fingerprint density at radius 3 is 2.68 bits per heavy atom. The first kappa shape index (κ1) is 20.5. The second-order valence-electron chi connectivity index (χ2n) is 3.89. The number of amides is 1. The number of hydrogen-bond acceptors (Lipinski definition) is 4. The molecule has 1 amide bonds. The zero-order valence-corrected chi connectivity index (χ0v) is 12.9. The molecule has 0 aliphatic rings. The number of aliphatic hydroxyl groups is 1. The highest BCUT2D eigenvalue weighted by Crippen LogP contribution is 2.05. The molecule has 19 heavy (non-hydrogen) atoms. The zero-order chi connectivity index (χ0) is 15.1. The number of allylic oxidation sites excluding steroid dienone is 1. The van der Waals surface area contributed by atoms with Gasteiger partial charge in [0.05, 0.1) is 12.7 Å². The standard InChI is InChI=1S/C13H23NO3.CH4S/c1-4-11(3)7-6-8-17-10-12(15)9-14-13(16)5-2;1-2/h5,12,15H,2-4,6-10H2,1H3,(H,14,16);2H,1H3. The van der Waals surface area contributed by atoms with Crippen molar-refractivity contribution in [2.24, 2.45) is 0 Å². The molecule has 0 aromatic rings. The van der Waals surface area contributed by atoms with Gasteiger partial charge in [0.1, 0.15) is 0 Å². The van der Waals surface area contributed by atoms with E-state index in [0.717, 1.165) is 19.3 Å². The molecule has 5 heteroatoms. The number of aliphatic hydroxyl groups excluding tert-OH is 1. The number of hydrogen-bond donors (Lipinski definition) is 3. The van der Waals surface area contributed by atoms with E-state index >= 15 is 0 Å². The van der Waals surface area contributed by atoms with Crippen molar-refractivity contribution in [2.75, 3.05) is 26.0 Å². The first-order valence-corrected chi connectivity index (χ1v) is 7.27. The zero-order valence-electron chi connectivity index (χ0n) is 12.0. The lowest BCUT2D eigenvalue weighted by Gasteiger charge is -2.11. The van der Waals surface area contributed by atoms with Crippen LogP contribution in [0.2, 0.25) is 0 Å². The summed E-state index contributed by atoms with van der Waals surface area (Å²) in [6.07, 6.45) is 5.06. The van der Waals surface area contributed by atoms with Crippen LogP contribution in [0, 0.1) is 0 Å². The van der Waals surface area contributed by atoms with Crippen LogP contribution in [-0.2, 0) is 9.53 Å². The first-order chi connectivity index (χ1) is 9.10. The third-order valence-electron chi connectivity index (χ3n) is 2.33. The highest BCUT2D eigenvalue weighted by atomic mass is 32.1. The molecule has 0 aliphatic heterocycles. The summed E-state index contributed by atoms with van der Waals surface area (Å²) in [6.45, 7) is 10.3. The monoisotopic (exact) mass is 289 g/mol. The minimum Gasteiger partial charge on any atom is -0.389 e. The van der Waals surface area contributed by atoms with Crippen molar-refractivity contribution in [1.82, 2.24) is 5.32 Å². The molecule has 0 rings (SSSR count). The van der Waals surface area contributed by atoms with Crippen LogP contribution in [0.15, 0.2) is 24.8 Å². The SMILES string of the molecule is C=CC(=O)NCC(O)COCCCC(=C)CC.CS. The van der Waals surface area contributed by atoms with Crippen molar-refractivity contribution in [3.8, 4) is 0 Å². The highest BCUT2D eigenvalue weighted by molar-refractivity contribution is 7.79. The van der Waals surface area contributed by atoms with Crippen LogP contribution in [0.4, 0.5) is 0 Å². The molecule has 0 heterocycles. The van der Waals surface area contributed by atoms with Crippen molar-refractivity contribution in [3.63, 3.8) is 0 Å². The Kier molecular flexibility index (Phi) is 16.5. The van der Waals surface area contributed by atoms with Crippen LogP contribution in [0.25, 0.3) is 0 Å². The van der Waals surface area contributed by atoms with Crippen molar-refractivity contribution in [1.29, 1.82) is 0 Å². The summed E-state index contributed by atoms with van der Waals surface area (Å²) in [6, 6.07) is 0. The molecule has 0 aromatic carbocycles. The highest BCUT2D eigenvalue weighted by Gasteiger charge is 2.05. The Bertz CT molecular complexity index is 257. The van der Waals surface area contributed by atoms with E-state index in [0.29, 0.717) is 6.61 Å². The maximum Gasteiger partial charge on any atom is 0.243 e. The minimum atomic E-state index is -0.673. The van der Waals surface area contributed by atoms with Gasteiger partial charge < -0.3 is 15.2 Å². The number of rotatable bonds is 10. The van der Waals surface area contributed by atoms with Gasteiger partial charge in [0.15, 0.2) is 0 Å². The van der Waals surface area contributed by atoms with Crippen LogP contribution in [0.3, 0.4) is 0 Å². The molecule has 0 bridgehead atoms. The summed E-state index contributed by atoms with van der Waals surface area (Å²) in [5.41, 5.74) is 1.22. The van der Waals surface area contributed by atoms with E-state index in [4.69, 9.17) is 4.74 Å². The molecule has 0 spiro atoms. The smallest absolute Gasteiger partial charge is 0.243 e. The van der Waals surface area contributed by atoms with Crippen LogP contribution in [0.5, 0.6) is 0 Å². The fourth-order valence-electron chi connectivity index (χ4n) is 1.17. The minimum absolute atomic E-state index is 0.187. The van der Waals surface area contributed by atoms with Gasteiger partial charge >= 0.3 is 0 Å². The molecule has 0 radical (unpaired) electrons. The summed E-state index contributed by atoms with van der Waals surface area (Å²) in [7, 11) is 0. The Labute approximate surface area is 122 Å². The van der Waals surface area contributed by atoms with Crippen molar-refractivity contribution in [3.05, 3.63) is 24.8 Å².